The molecule has 0 unspecified atom stereocenters. The zero-order valence-corrected chi connectivity index (χ0v) is 25.6. The average molecular weight is 602 g/mol. The maximum absolute atomic E-state index is 14.1. The van der Waals surface area contributed by atoms with E-state index in [1.807, 2.05) is 20.8 Å². The number of aryl methyl sites for hydroxylation is 2. The zero-order valence-electron chi connectivity index (χ0n) is 24.0. The zero-order chi connectivity index (χ0) is 30.3. The predicted molar refractivity (Wildman–Crippen MR) is 161 cm³/mol. The van der Waals surface area contributed by atoms with E-state index < -0.39 is 34.3 Å². The van der Waals surface area contributed by atoms with E-state index in [-0.39, 0.29) is 35.4 Å². The van der Waals surface area contributed by atoms with E-state index in [1.165, 1.54) is 47.4 Å². The van der Waals surface area contributed by atoms with Crippen molar-refractivity contribution in [3.8, 4) is 0 Å². The molecule has 41 heavy (non-hydrogen) atoms. The van der Waals surface area contributed by atoms with Gasteiger partial charge >= 0.3 is 0 Å². The number of rotatable bonds is 12. The molecule has 0 heterocycles. The highest BCUT2D eigenvalue weighted by atomic mass is 35.5. The van der Waals surface area contributed by atoms with Crippen molar-refractivity contribution < 1.29 is 22.4 Å². The van der Waals surface area contributed by atoms with Gasteiger partial charge in [-0.1, -0.05) is 68.3 Å². The summed E-state index contributed by atoms with van der Waals surface area (Å²) in [6, 6.07) is 15.9. The number of anilines is 1. The summed E-state index contributed by atoms with van der Waals surface area (Å²) < 4.78 is 42.7. The van der Waals surface area contributed by atoms with Crippen LogP contribution >= 0.6 is 11.6 Å². The van der Waals surface area contributed by atoms with E-state index >= 15 is 0 Å². The van der Waals surface area contributed by atoms with Crippen LogP contribution in [0.1, 0.15) is 43.9 Å². The fourth-order valence-electron chi connectivity index (χ4n) is 4.33. The number of nitrogens with zero attached hydrogens (tertiary/aromatic N) is 2. The van der Waals surface area contributed by atoms with Crippen molar-refractivity contribution >= 4 is 39.1 Å². The highest BCUT2D eigenvalue weighted by Gasteiger charge is 2.34. The van der Waals surface area contributed by atoms with Crippen molar-refractivity contribution in [2.24, 2.45) is 5.92 Å². The third-order valence-electron chi connectivity index (χ3n) is 6.66. The Balaban J connectivity index is 2.08. The molecule has 3 rings (SSSR count). The molecular formula is C31H37ClFN3O4S. The lowest BCUT2D eigenvalue weighted by atomic mass is 10.1. The predicted octanol–water partition coefficient (Wildman–Crippen LogP) is 5.87. The van der Waals surface area contributed by atoms with E-state index in [2.05, 4.69) is 5.32 Å². The molecule has 0 saturated carbocycles. The highest BCUT2D eigenvalue weighted by molar-refractivity contribution is 7.92. The SMILES string of the molecule is CC[C@H](C(=O)NCC(C)C)N(Cc1ccc(F)cc1)C(=O)CN(c1cc(Cl)ccc1C)S(=O)(=O)c1ccc(C)cc1. The Morgan fingerprint density at radius 1 is 0.976 bits per heavy atom. The van der Waals surface area contributed by atoms with Gasteiger partial charge in [-0.2, -0.15) is 0 Å². The number of carbonyl (C=O) groups excluding carboxylic acids is 2. The van der Waals surface area contributed by atoms with E-state index in [1.54, 1.807) is 38.1 Å². The molecule has 3 aromatic carbocycles. The van der Waals surface area contributed by atoms with Gasteiger partial charge in [0.25, 0.3) is 10.0 Å². The Morgan fingerprint density at radius 2 is 1.61 bits per heavy atom. The van der Waals surface area contributed by atoms with Crippen molar-refractivity contribution in [3.63, 3.8) is 0 Å². The average Bonchev–Trinajstić information content (AvgIpc) is 2.93. The largest absolute Gasteiger partial charge is 0.354 e. The van der Waals surface area contributed by atoms with E-state index in [0.717, 1.165) is 9.87 Å². The van der Waals surface area contributed by atoms with Crippen molar-refractivity contribution in [1.82, 2.24) is 10.2 Å². The van der Waals surface area contributed by atoms with Crippen molar-refractivity contribution in [2.45, 2.75) is 58.5 Å². The van der Waals surface area contributed by atoms with Gasteiger partial charge in [-0.15, -0.1) is 0 Å². The fraction of sp³-hybridized carbons (Fsp3) is 0.355. The first-order chi connectivity index (χ1) is 19.3. The van der Waals surface area contributed by atoms with Crippen LogP contribution in [-0.2, 0) is 26.2 Å². The second kappa shape index (κ2) is 14.0. The quantitative estimate of drug-likeness (QED) is 0.281. The Bertz CT molecular complexity index is 1460. The molecule has 220 valence electrons. The summed E-state index contributed by atoms with van der Waals surface area (Å²) in [5.41, 5.74) is 2.34. The molecule has 0 spiro atoms. The minimum absolute atomic E-state index is 0.0142. The number of carbonyl (C=O) groups is 2. The minimum atomic E-state index is -4.21. The van der Waals surface area contributed by atoms with Crippen molar-refractivity contribution in [3.05, 3.63) is 94.3 Å². The summed E-state index contributed by atoms with van der Waals surface area (Å²) >= 11 is 6.27. The van der Waals surface area contributed by atoms with Gasteiger partial charge in [0, 0.05) is 18.1 Å². The maximum Gasteiger partial charge on any atom is 0.264 e. The lowest BCUT2D eigenvalue weighted by molar-refractivity contribution is -0.140. The Labute approximate surface area is 247 Å². The number of nitrogens with one attached hydrogen (secondary N) is 1. The summed E-state index contributed by atoms with van der Waals surface area (Å²) in [6.45, 7) is 9.12. The number of benzene rings is 3. The molecule has 0 radical (unpaired) electrons. The van der Waals surface area contributed by atoms with Crippen LogP contribution in [0.15, 0.2) is 71.6 Å². The summed E-state index contributed by atoms with van der Waals surface area (Å²) in [5.74, 6) is -1.17. The summed E-state index contributed by atoms with van der Waals surface area (Å²) in [5, 5.41) is 3.19. The second-order valence-electron chi connectivity index (χ2n) is 10.5. The van der Waals surface area contributed by atoms with Gasteiger partial charge in [-0.25, -0.2) is 12.8 Å². The lowest BCUT2D eigenvalue weighted by Crippen LogP contribution is -2.52. The molecule has 1 N–H and O–H groups in total. The third-order valence-corrected chi connectivity index (χ3v) is 8.67. The second-order valence-corrected chi connectivity index (χ2v) is 12.8. The minimum Gasteiger partial charge on any atom is -0.354 e. The molecule has 7 nitrogen and oxygen atoms in total. The Morgan fingerprint density at radius 3 is 2.20 bits per heavy atom. The summed E-state index contributed by atoms with van der Waals surface area (Å²) in [4.78, 5) is 28.7. The molecule has 0 aliphatic rings. The van der Waals surface area contributed by atoms with Crippen LogP contribution in [0.5, 0.6) is 0 Å². The van der Waals surface area contributed by atoms with E-state index in [0.29, 0.717) is 22.7 Å². The van der Waals surface area contributed by atoms with Crippen molar-refractivity contribution in [1.29, 1.82) is 0 Å². The molecular weight excluding hydrogens is 565 g/mol. The first-order valence-corrected chi connectivity index (χ1v) is 15.3. The van der Waals surface area contributed by atoms with Crippen LogP contribution in [-0.4, -0.2) is 44.3 Å². The van der Waals surface area contributed by atoms with Crippen LogP contribution in [0.4, 0.5) is 10.1 Å². The van der Waals surface area contributed by atoms with Gasteiger partial charge in [0.15, 0.2) is 0 Å². The molecule has 0 aromatic heterocycles. The fourth-order valence-corrected chi connectivity index (χ4v) is 5.97. The van der Waals surface area contributed by atoms with Crippen LogP contribution in [0.2, 0.25) is 5.02 Å². The summed E-state index contributed by atoms with van der Waals surface area (Å²) in [7, 11) is -4.21. The maximum atomic E-state index is 14.1. The Kier molecular flexibility index (Phi) is 10.9. The Hall–Kier alpha value is -3.43. The molecule has 0 fully saturated rings. The van der Waals surface area contributed by atoms with Crippen molar-refractivity contribution in [2.75, 3.05) is 17.4 Å². The van der Waals surface area contributed by atoms with Crippen LogP contribution in [0.3, 0.4) is 0 Å². The molecule has 0 aliphatic carbocycles. The topological polar surface area (TPSA) is 86.8 Å². The third kappa shape index (κ3) is 8.30. The number of hydrogen-bond acceptors (Lipinski definition) is 4. The molecule has 2 amide bonds. The normalized spacial score (nSPS) is 12.2. The van der Waals surface area contributed by atoms with Gasteiger partial charge in [0.1, 0.15) is 18.4 Å². The van der Waals surface area contributed by atoms with Crippen LogP contribution in [0, 0.1) is 25.6 Å². The highest BCUT2D eigenvalue weighted by Crippen LogP contribution is 2.30. The smallest absolute Gasteiger partial charge is 0.264 e. The molecule has 10 heteroatoms. The number of hydrogen-bond donors (Lipinski definition) is 1. The molecule has 0 saturated heterocycles. The first-order valence-electron chi connectivity index (χ1n) is 13.5. The molecule has 1 atom stereocenters. The molecule has 0 bridgehead atoms. The van der Waals surface area contributed by atoms with Gasteiger partial charge < -0.3 is 10.2 Å². The lowest BCUT2D eigenvalue weighted by Gasteiger charge is -2.33. The van der Waals surface area contributed by atoms with Crippen LogP contribution < -0.4 is 9.62 Å². The number of halogens is 2. The van der Waals surface area contributed by atoms with Crippen LogP contribution in [0.25, 0.3) is 0 Å². The number of sulfonamides is 1. The van der Waals surface area contributed by atoms with Gasteiger partial charge in [-0.05, 0) is 73.7 Å². The standard InChI is InChI=1S/C31H37ClFN3O4S/c1-6-28(31(38)34-18-21(2)3)35(19-24-10-13-26(33)14-11-24)30(37)20-36(29-17-25(32)12-9-23(29)5)41(39,40)27-15-7-22(4)8-16-27/h7-17,21,28H,6,18-20H2,1-5H3,(H,34,38)/t28-/m1/s1. The number of amides is 2. The van der Waals surface area contributed by atoms with Gasteiger partial charge in [0.05, 0.1) is 10.6 Å². The molecule has 3 aromatic rings. The molecule has 0 aliphatic heterocycles. The van der Waals surface area contributed by atoms with E-state index in [4.69, 9.17) is 11.6 Å². The van der Waals surface area contributed by atoms with Gasteiger partial charge in [0.2, 0.25) is 11.8 Å². The monoisotopic (exact) mass is 601 g/mol. The summed E-state index contributed by atoms with van der Waals surface area (Å²) in [6.07, 6.45) is 0.289. The van der Waals surface area contributed by atoms with E-state index in [9.17, 15) is 22.4 Å². The first kappa shape index (κ1) is 32.1. The van der Waals surface area contributed by atoms with Gasteiger partial charge in [-0.3, -0.25) is 13.9 Å².